The number of hydrogen-bond donors (Lipinski definition) is 0. The summed E-state index contributed by atoms with van der Waals surface area (Å²) in [5.74, 6) is 0.788. The number of aromatic nitrogens is 3. The fourth-order valence-corrected chi connectivity index (χ4v) is 4.12. The van der Waals surface area contributed by atoms with E-state index in [2.05, 4.69) is 17.0 Å². The van der Waals surface area contributed by atoms with Crippen molar-refractivity contribution in [3.8, 4) is 11.3 Å². The third-order valence-corrected chi connectivity index (χ3v) is 5.77. The van der Waals surface area contributed by atoms with E-state index in [9.17, 15) is 0 Å². The van der Waals surface area contributed by atoms with Gasteiger partial charge in [0.05, 0.1) is 18.4 Å². The van der Waals surface area contributed by atoms with E-state index >= 15 is 0 Å². The normalized spacial score (nSPS) is 13.2. The van der Waals surface area contributed by atoms with Crippen molar-refractivity contribution in [2.45, 2.75) is 6.54 Å². The highest BCUT2D eigenvalue weighted by molar-refractivity contribution is 7.20. The second kappa shape index (κ2) is 7.77. The Labute approximate surface area is 176 Å². The minimum absolute atomic E-state index is 0.264. The molecule has 5 rings (SSSR count). The summed E-state index contributed by atoms with van der Waals surface area (Å²) in [6.07, 6.45) is 3.60. The Kier molecular flexibility index (Phi) is 4.83. The molecule has 1 aliphatic heterocycles. The molecule has 1 aliphatic rings. The molecule has 3 heterocycles. The number of ether oxygens (including phenoxy) is 2. The van der Waals surface area contributed by atoms with Crippen LogP contribution in [0.5, 0.6) is 0 Å². The summed E-state index contributed by atoms with van der Waals surface area (Å²) in [6.45, 7) is 1.55. The molecule has 4 aromatic rings. The minimum Gasteiger partial charge on any atom is -0.462 e. The van der Waals surface area contributed by atoms with Gasteiger partial charge in [-0.1, -0.05) is 65.4 Å². The fourth-order valence-electron chi connectivity index (χ4n) is 3.11. The predicted molar refractivity (Wildman–Crippen MR) is 114 cm³/mol. The molecular weight excluding hydrogens is 408 g/mol. The number of rotatable bonds is 6. The van der Waals surface area contributed by atoms with Gasteiger partial charge in [0, 0.05) is 17.1 Å². The van der Waals surface area contributed by atoms with Crippen LogP contribution < -0.4 is 4.90 Å². The Morgan fingerprint density at radius 2 is 1.90 bits per heavy atom. The molecule has 29 heavy (non-hydrogen) atoms. The van der Waals surface area contributed by atoms with Crippen molar-refractivity contribution in [2.24, 2.45) is 0 Å². The lowest BCUT2D eigenvalue weighted by molar-refractivity contribution is 0.0797. The quantitative estimate of drug-likeness (QED) is 0.437. The van der Waals surface area contributed by atoms with Crippen LogP contribution in [-0.4, -0.2) is 27.9 Å². The number of benzene rings is 2. The molecule has 0 atom stereocenters. The number of nitrogens with zero attached hydrogens (tertiary/aromatic N) is 4. The number of hydrogen-bond acceptors (Lipinski definition) is 6. The Morgan fingerprint density at radius 1 is 1.07 bits per heavy atom. The van der Waals surface area contributed by atoms with Crippen LogP contribution in [0.2, 0.25) is 5.02 Å². The summed E-state index contributed by atoms with van der Waals surface area (Å²) in [4.78, 5) is 7.73. The zero-order valence-corrected chi connectivity index (χ0v) is 16.9. The largest absolute Gasteiger partial charge is 0.462 e. The summed E-state index contributed by atoms with van der Waals surface area (Å²) in [5.41, 5.74) is 3.08. The molecule has 0 fully saturated rings. The summed E-state index contributed by atoms with van der Waals surface area (Å²) in [7, 11) is 0. The van der Waals surface area contributed by atoms with Gasteiger partial charge >= 0.3 is 0 Å². The van der Waals surface area contributed by atoms with Gasteiger partial charge in [-0.3, -0.25) is 0 Å². The van der Waals surface area contributed by atoms with Crippen molar-refractivity contribution in [1.29, 1.82) is 0 Å². The molecule has 0 N–H and O–H groups in total. The Balaban J connectivity index is 1.44. The van der Waals surface area contributed by atoms with E-state index in [-0.39, 0.29) is 6.79 Å². The third kappa shape index (κ3) is 3.92. The molecule has 0 aliphatic carbocycles. The van der Waals surface area contributed by atoms with Crippen molar-refractivity contribution in [1.82, 2.24) is 14.6 Å². The average Bonchev–Trinajstić information content (AvgIpc) is 3.45. The maximum atomic E-state index is 5.98. The molecular formula is C21H17ClN4O2S. The molecule has 0 saturated heterocycles. The lowest BCUT2D eigenvalue weighted by Crippen LogP contribution is -2.25. The van der Waals surface area contributed by atoms with E-state index in [0.29, 0.717) is 18.1 Å². The third-order valence-electron chi connectivity index (χ3n) is 4.53. The smallest absolute Gasteiger partial charge is 0.229 e. The maximum absolute atomic E-state index is 5.98. The molecule has 0 radical (unpaired) electrons. The van der Waals surface area contributed by atoms with Crippen LogP contribution in [0, 0.1) is 0 Å². The zero-order valence-electron chi connectivity index (χ0n) is 15.4. The van der Waals surface area contributed by atoms with Crippen molar-refractivity contribution in [2.75, 3.05) is 18.2 Å². The van der Waals surface area contributed by atoms with E-state index in [1.165, 1.54) is 5.56 Å². The predicted octanol–water partition coefficient (Wildman–Crippen LogP) is 4.96. The lowest BCUT2D eigenvalue weighted by Gasteiger charge is -2.21. The van der Waals surface area contributed by atoms with Gasteiger partial charge in [0.25, 0.3) is 0 Å². The molecule has 8 heteroatoms. The van der Waals surface area contributed by atoms with E-state index < -0.39 is 0 Å². The summed E-state index contributed by atoms with van der Waals surface area (Å²) >= 11 is 7.53. The van der Waals surface area contributed by atoms with E-state index in [1.54, 1.807) is 17.6 Å². The van der Waals surface area contributed by atoms with Crippen LogP contribution in [0.25, 0.3) is 16.2 Å². The van der Waals surface area contributed by atoms with Gasteiger partial charge in [0.2, 0.25) is 16.9 Å². The second-order valence-electron chi connectivity index (χ2n) is 6.60. The van der Waals surface area contributed by atoms with Gasteiger partial charge in [-0.15, -0.1) is 5.10 Å². The van der Waals surface area contributed by atoms with Gasteiger partial charge in [0.15, 0.2) is 5.76 Å². The number of anilines is 1. The topological polar surface area (TPSA) is 51.9 Å². The van der Waals surface area contributed by atoms with Crippen LogP contribution in [0.4, 0.5) is 5.13 Å². The van der Waals surface area contributed by atoms with Gasteiger partial charge in [-0.2, -0.15) is 0 Å². The van der Waals surface area contributed by atoms with E-state index in [4.69, 9.17) is 31.2 Å². The highest BCUT2D eigenvalue weighted by Crippen LogP contribution is 2.29. The SMILES string of the molecule is Clc1ccc(-c2cn3nc(N(CC4=COCO4)Cc4ccccc4)sc3n2)cc1. The molecule has 0 saturated carbocycles. The molecule has 6 nitrogen and oxygen atoms in total. The fraction of sp³-hybridized carbons (Fsp3) is 0.143. The Bertz CT molecular complexity index is 1120. The number of imidazole rings is 1. The maximum Gasteiger partial charge on any atom is 0.229 e. The van der Waals surface area contributed by atoms with Crippen LogP contribution in [0.15, 0.2) is 72.8 Å². The Morgan fingerprint density at radius 3 is 2.62 bits per heavy atom. The van der Waals surface area contributed by atoms with Crippen molar-refractivity contribution in [3.63, 3.8) is 0 Å². The van der Waals surface area contributed by atoms with Crippen LogP contribution >= 0.6 is 22.9 Å². The first-order valence-corrected chi connectivity index (χ1v) is 10.3. The van der Waals surface area contributed by atoms with E-state index in [0.717, 1.165) is 27.1 Å². The number of fused-ring (bicyclic) bond motifs is 1. The molecule has 0 spiro atoms. The van der Waals surface area contributed by atoms with Crippen molar-refractivity contribution < 1.29 is 9.47 Å². The van der Waals surface area contributed by atoms with Crippen molar-refractivity contribution >= 4 is 33.0 Å². The lowest BCUT2D eigenvalue weighted by atomic mass is 10.2. The molecule has 0 amide bonds. The first-order valence-electron chi connectivity index (χ1n) is 9.09. The molecule has 2 aromatic carbocycles. The van der Waals surface area contributed by atoms with Gasteiger partial charge in [-0.05, 0) is 17.7 Å². The summed E-state index contributed by atoms with van der Waals surface area (Å²) < 4.78 is 12.6. The Hall–Kier alpha value is -3.03. The molecule has 146 valence electrons. The van der Waals surface area contributed by atoms with Crippen LogP contribution in [0.3, 0.4) is 0 Å². The summed E-state index contributed by atoms with van der Waals surface area (Å²) in [5, 5.41) is 6.34. The highest BCUT2D eigenvalue weighted by Gasteiger charge is 2.19. The second-order valence-corrected chi connectivity index (χ2v) is 7.97. The van der Waals surface area contributed by atoms with Crippen molar-refractivity contribution in [3.05, 3.63) is 83.4 Å². The monoisotopic (exact) mass is 424 g/mol. The molecule has 2 aromatic heterocycles. The first kappa shape index (κ1) is 18.0. The molecule has 0 bridgehead atoms. The van der Waals surface area contributed by atoms with Crippen LogP contribution in [-0.2, 0) is 16.0 Å². The zero-order chi connectivity index (χ0) is 19.6. The molecule has 0 unspecified atom stereocenters. The van der Waals surface area contributed by atoms with Gasteiger partial charge in [-0.25, -0.2) is 9.50 Å². The summed E-state index contributed by atoms with van der Waals surface area (Å²) in [6, 6.07) is 17.9. The van der Waals surface area contributed by atoms with Gasteiger partial charge in [0.1, 0.15) is 6.26 Å². The highest BCUT2D eigenvalue weighted by atomic mass is 35.5. The van der Waals surface area contributed by atoms with Crippen LogP contribution in [0.1, 0.15) is 5.56 Å². The van der Waals surface area contributed by atoms with Gasteiger partial charge < -0.3 is 14.4 Å². The average molecular weight is 425 g/mol. The minimum atomic E-state index is 0.264. The van der Waals surface area contributed by atoms with E-state index in [1.807, 2.05) is 53.2 Å². The standard InChI is InChI=1S/C21H17ClN4O2S/c22-17-8-6-16(7-9-17)19-12-26-20(23-19)29-21(24-26)25(11-18-13-27-14-28-18)10-15-4-2-1-3-5-15/h1-9,12-13H,10-11,14H2. The first-order chi connectivity index (χ1) is 14.2. The number of halogens is 1.